The molecule has 0 aliphatic heterocycles. The van der Waals surface area contributed by atoms with Gasteiger partial charge in [0, 0.05) is 61.7 Å². The summed E-state index contributed by atoms with van der Waals surface area (Å²) in [6, 6.07) is 90.5. The van der Waals surface area contributed by atoms with Crippen LogP contribution >= 0.6 is 0 Å². The van der Waals surface area contributed by atoms with Crippen molar-refractivity contribution in [2.45, 2.75) is 0 Å². The molecule has 0 radical (unpaired) electrons. The van der Waals surface area contributed by atoms with E-state index >= 15 is 0 Å². The van der Waals surface area contributed by atoms with Crippen LogP contribution in [-0.2, 0) is 0 Å². The van der Waals surface area contributed by atoms with Gasteiger partial charge in [-0.05, 0) is 120 Å². The lowest BCUT2D eigenvalue weighted by Crippen LogP contribution is -2.09. The van der Waals surface area contributed by atoms with Gasteiger partial charge in [0.25, 0.3) is 0 Å². The summed E-state index contributed by atoms with van der Waals surface area (Å²) in [7, 11) is 0. The number of nitrogens with zero attached hydrogens (tertiary/aromatic N) is 4. The van der Waals surface area contributed by atoms with E-state index in [1.54, 1.807) is 0 Å². The highest BCUT2D eigenvalue weighted by atomic mass is 15.1. The lowest BCUT2D eigenvalue weighted by atomic mass is 10.0. The molecule has 11 aromatic rings. The van der Waals surface area contributed by atoms with Crippen molar-refractivity contribution in [3.8, 4) is 39.3 Å². The van der Waals surface area contributed by atoms with Crippen LogP contribution in [0.15, 0.2) is 255 Å². The second-order valence-electron chi connectivity index (χ2n) is 15.6. The van der Waals surface area contributed by atoms with Crippen LogP contribution in [-0.4, -0.2) is 9.55 Å². The summed E-state index contributed by atoms with van der Waals surface area (Å²) in [6.45, 7) is 0. The van der Waals surface area contributed by atoms with Crippen LogP contribution in [0.1, 0.15) is 0 Å². The van der Waals surface area contributed by atoms with Crippen molar-refractivity contribution in [1.29, 1.82) is 0 Å². The molecule has 2 heterocycles. The fourth-order valence-electron chi connectivity index (χ4n) is 8.76. The van der Waals surface area contributed by atoms with Gasteiger partial charge in [-0.1, -0.05) is 146 Å². The maximum atomic E-state index is 4.99. The fourth-order valence-corrected chi connectivity index (χ4v) is 8.76. The lowest BCUT2D eigenvalue weighted by molar-refractivity contribution is 1.18. The van der Waals surface area contributed by atoms with Crippen molar-refractivity contribution in [3.63, 3.8) is 0 Å². The van der Waals surface area contributed by atoms with Crippen LogP contribution in [0.2, 0.25) is 0 Å². The normalized spacial score (nSPS) is 11.2. The molecule has 0 saturated heterocycles. The molecule has 0 aliphatic rings. The third-order valence-corrected chi connectivity index (χ3v) is 11.8. The lowest BCUT2D eigenvalue weighted by Gasteiger charge is -2.26. The zero-order valence-corrected chi connectivity index (χ0v) is 34.5. The Balaban J connectivity index is 1.02. The highest BCUT2D eigenvalue weighted by Crippen LogP contribution is 2.43. The molecule has 0 amide bonds. The summed E-state index contributed by atoms with van der Waals surface area (Å²) in [6.07, 6.45) is 0. The van der Waals surface area contributed by atoms with Gasteiger partial charge in [0.2, 0.25) is 0 Å². The first-order valence-electron chi connectivity index (χ1n) is 21.4. The molecule has 63 heavy (non-hydrogen) atoms. The van der Waals surface area contributed by atoms with Crippen LogP contribution in [0, 0.1) is 0 Å². The highest BCUT2D eigenvalue weighted by Gasteiger charge is 2.20. The zero-order valence-electron chi connectivity index (χ0n) is 34.5. The maximum Gasteiger partial charge on any atom is 0.0709 e. The number of pyridine rings is 1. The van der Waals surface area contributed by atoms with Crippen molar-refractivity contribution in [3.05, 3.63) is 255 Å². The molecule has 4 heteroatoms. The van der Waals surface area contributed by atoms with Gasteiger partial charge >= 0.3 is 0 Å². The van der Waals surface area contributed by atoms with Crippen molar-refractivity contribution < 1.29 is 0 Å². The van der Waals surface area contributed by atoms with Gasteiger partial charge in [0.15, 0.2) is 0 Å². The molecule has 0 atom stereocenters. The first-order valence-corrected chi connectivity index (χ1v) is 21.4. The molecule has 0 spiro atoms. The minimum atomic E-state index is 0.960. The number of anilines is 6. The van der Waals surface area contributed by atoms with Gasteiger partial charge in [-0.2, -0.15) is 0 Å². The first-order chi connectivity index (χ1) is 31.2. The summed E-state index contributed by atoms with van der Waals surface area (Å²) in [5, 5.41) is 2.35. The Kier molecular flexibility index (Phi) is 9.85. The Hall–Kier alpha value is -8.47. The first kappa shape index (κ1) is 37.5. The van der Waals surface area contributed by atoms with Crippen LogP contribution in [0.4, 0.5) is 34.1 Å². The Morgan fingerprint density at radius 3 is 1.03 bits per heavy atom. The van der Waals surface area contributed by atoms with Crippen LogP contribution in [0.3, 0.4) is 0 Å². The van der Waals surface area contributed by atoms with Crippen LogP contribution in [0.25, 0.3) is 61.1 Å². The van der Waals surface area contributed by atoms with E-state index in [0.717, 1.165) is 84.5 Å². The number of benzene rings is 9. The molecular weight excluding hydrogens is 765 g/mol. The summed E-state index contributed by atoms with van der Waals surface area (Å²) in [5.74, 6) is 0. The average Bonchev–Trinajstić information content (AvgIpc) is 3.69. The molecule has 0 aliphatic carbocycles. The number of aromatic nitrogens is 2. The van der Waals surface area contributed by atoms with Gasteiger partial charge in [0.05, 0.1) is 22.4 Å². The van der Waals surface area contributed by atoms with E-state index < -0.39 is 0 Å². The highest BCUT2D eigenvalue weighted by molar-refractivity contribution is 6.12. The van der Waals surface area contributed by atoms with E-state index in [9.17, 15) is 0 Å². The second-order valence-corrected chi connectivity index (χ2v) is 15.6. The third kappa shape index (κ3) is 7.30. The largest absolute Gasteiger partial charge is 0.310 e. The quantitative estimate of drug-likeness (QED) is 0.138. The molecule has 298 valence electrons. The second kappa shape index (κ2) is 16.5. The number of hydrogen-bond acceptors (Lipinski definition) is 3. The number of hydrogen-bond donors (Lipinski definition) is 0. The van der Waals surface area contributed by atoms with Crippen molar-refractivity contribution in [2.24, 2.45) is 0 Å². The zero-order chi connectivity index (χ0) is 42.0. The number of rotatable bonds is 10. The molecular formula is C59H42N4. The SMILES string of the molecule is c1ccc(-c2cccc(-c3ccc(-c4ccc(-n5c6ccc(N(c7ccccc7)c7ccccc7)cc6c6cc(N(c7ccccc7)c7ccccc7)ccc65)cc4)cc3)n2)cc1. The Bertz CT molecular complexity index is 3070. The molecule has 0 N–H and O–H groups in total. The topological polar surface area (TPSA) is 24.3 Å². The number of para-hydroxylation sites is 4. The summed E-state index contributed by atoms with van der Waals surface area (Å²) in [5.41, 5.74) is 16.4. The minimum Gasteiger partial charge on any atom is -0.310 e. The van der Waals surface area contributed by atoms with Crippen molar-refractivity contribution >= 4 is 55.9 Å². The van der Waals surface area contributed by atoms with E-state index in [4.69, 9.17) is 4.98 Å². The van der Waals surface area contributed by atoms with Crippen molar-refractivity contribution in [2.75, 3.05) is 9.80 Å². The van der Waals surface area contributed by atoms with E-state index in [-0.39, 0.29) is 0 Å². The molecule has 9 aromatic carbocycles. The van der Waals surface area contributed by atoms with E-state index in [1.807, 2.05) is 6.07 Å². The Labute approximate surface area is 367 Å². The summed E-state index contributed by atoms with van der Waals surface area (Å²) in [4.78, 5) is 9.66. The van der Waals surface area contributed by atoms with E-state index in [0.29, 0.717) is 0 Å². The van der Waals surface area contributed by atoms with Crippen LogP contribution in [0.5, 0.6) is 0 Å². The van der Waals surface area contributed by atoms with Crippen molar-refractivity contribution in [1.82, 2.24) is 9.55 Å². The predicted molar refractivity (Wildman–Crippen MR) is 264 cm³/mol. The molecule has 4 nitrogen and oxygen atoms in total. The molecule has 0 bridgehead atoms. The Morgan fingerprint density at radius 2 is 0.619 bits per heavy atom. The molecule has 11 rings (SSSR count). The monoisotopic (exact) mass is 806 g/mol. The maximum absolute atomic E-state index is 4.99. The van der Waals surface area contributed by atoms with E-state index in [1.165, 1.54) is 10.8 Å². The molecule has 0 saturated carbocycles. The average molecular weight is 807 g/mol. The fraction of sp³-hybridized carbons (Fsp3) is 0. The van der Waals surface area contributed by atoms with Gasteiger partial charge in [-0.3, -0.25) is 0 Å². The summed E-state index contributed by atoms with van der Waals surface area (Å²) < 4.78 is 2.40. The van der Waals surface area contributed by atoms with Gasteiger partial charge < -0.3 is 14.4 Å². The standard InChI is InChI=1S/C59H42N4/c1-6-17-45(18-7-1)56-27-16-28-57(60-56)46-31-29-43(30-32-46)44-33-35-51(36-34-44)63-58-39-37-52(61(47-19-8-2-9-20-47)48-21-10-3-11-22-48)41-54(58)55-42-53(38-40-59(55)63)62(49-23-12-4-13-24-49)50-25-14-5-15-26-50/h1-42H. The van der Waals surface area contributed by atoms with Crippen LogP contribution < -0.4 is 9.80 Å². The van der Waals surface area contributed by atoms with Gasteiger partial charge in [0.1, 0.15) is 0 Å². The molecule has 0 fully saturated rings. The summed E-state index contributed by atoms with van der Waals surface area (Å²) >= 11 is 0. The molecule has 0 unspecified atom stereocenters. The van der Waals surface area contributed by atoms with Gasteiger partial charge in [-0.15, -0.1) is 0 Å². The minimum absolute atomic E-state index is 0.960. The Morgan fingerprint density at radius 1 is 0.270 bits per heavy atom. The predicted octanol–water partition coefficient (Wildman–Crippen LogP) is 16.1. The van der Waals surface area contributed by atoms with Gasteiger partial charge in [-0.25, -0.2) is 4.98 Å². The molecule has 2 aromatic heterocycles. The van der Waals surface area contributed by atoms with E-state index in [2.05, 4.69) is 263 Å². The third-order valence-electron chi connectivity index (χ3n) is 11.8. The smallest absolute Gasteiger partial charge is 0.0709 e. The number of fused-ring (bicyclic) bond motifs is 3.